The van der Waals surface area contributed by atoms with Gasteiger partial charge in [-0.3, -0.25) is 0 Å². The van der Waals surface area contributed by atoms with Crippen LogP contribution in [0.5, 0.6) is 0 Å². The second-order valence-electron chi connectivity index (χ2n) is 4.50. The smallest absolute Gasteiger partial charge is 0.223 e. The van der Waals surface area contributed by atoms with E-state index in [2.05, 4.69) is 4.98 Å². The molecule has 0 aliphatic rings. The number of rotatable bonds is 1. The van der Waals surface area contributed by atoms with E-state index in [4.69, 9.17) is 34.8 Å². The Balaban J connectivity index is 2.28. The van der Waals surface area contributed by atoms with Crippen LogP contribution in [0.15, 0.2) is 42.7 Å². The van der Waals surface area contributed by atoms with E-state index < -0.39 is 0 Å². The minimum Gasteiger partial charge on any atom is -0.223 e. The summed E-state index contributed by atoms with van der Waals surface area (Å²) in [5.41, 5.74) is 2.67. The molecule has 0 atom stereocenters. The van der Waals surface area contributed by atoms with Crippen molar-refractivity contribution in [2.75, 3.05) is 0 Å². The van der Waals surface area contributed by atoms with Crippen LogP contribution in [0, 0.1) is 0 Å². The van der Waals surface area contributed by atoms with Gasteiger partial charge in [-0.05, 0) is 40.3 Å². The summed E-state index contributed by atoms with van der Waals surface area (Å²) in [6, 6.07) is 11.3. The molecule has 2 aromatic carbocycles. The first-order valence-corrected chi connectivity index (χ1v) is 7.09. The van der Waals surface area contributed by atoms with Crippen LogP contribution in [0.1, 0.15) is 0 Å². The van der Waals surface area contributed by atoms with Crippen LogP contribution in [0.25, 0.3) is 22.0 Å². The molecule has 0 fully saturated rings. The van der Waals surface area contributed by atoms with E-state index in [9.17, 15) is 0 Å². The van der Waals surface area contributed by atoms with E-state index in [0.29, 0.717) is 15.2 Å². The molecule has 0 aliphatic carbocycles. The average Bonchev–Trinajstić information content (AvgIpc) is 2.44. The Morgan fingerprint density at radius 2 is 1.70 bits per heavy atom. The van der Waals surface area contributed by atoms with Gasteiger partial charge in [0.05, 0.1) is 17.5 Å². The molecule has 1 heterocycles. The fourth-order valence-corrected chi connectivity index (χ4v) is 2.66. The molecule has 3 aromatic rings. The van der Waals surface area contributed by atoms with Crippen LogP contribution in [-0.4, -0.2) is 4.98 Å². The zero-order valence-electron chi connectivity index (χ0n) is 10.6. The van der Waals surface area contributed by atoms with E-state index in [1.165, 1.54) is 0 Å². The molecule has 0 spiro atoms. The lowest BCUT2D eigenvalue weighted by atomic mass is 10.0. The lowest BCUT2D eigenvalue weighted by Gasteiger charge is -2.06. The summed E-state index contributed by atoms with van der Waals surface area (Å²) in [4.78, 5) is 4.32. The molecule has 2 nitrogen and oxygen atoms in total. The summed E-state index contributed by atoms with van der Waals surface area (Å²) in [5, 5.41) is 2.82. The highest BCUT2D eigenvalue weighted by molar-refractivity contribution is 6.36. The van der Waals surface area contributed by atoms with Crippen LogP contribution in [0.3, 0.4) is 0 Å². The summed E-state index contributed by atoms with van der Waals surface area (Å²) < 4.78 is 1.77. The van der Waals surface area contributed by atoms with Gasteiger partial charge in [0.1, 0.15) is 0 Å². The number of hydrogen-bond acceptors (Lipinski definition) is 1. The van der Waals surface area contributed by atoms with Gasteiger partial charge in [0.25, 0.3) is 6.33 Å². The van der Waals surface area contributed by atoms with Crippen molar-refractivity contribution in [1.82, 2.24) is 4.98 Å². The van der Waals surface area contributed by atoms with E-state index in [1.807, 2.05) is 43.4 Å². The minimum absolute atomic E-state index is 0.627. The Labute approximate surface area is 131 Å². The lowest BCUT2D eigenvalue weighted by Crippen LogP contribution is -2.29. The highest BCUT2D eigenvalue weighted by Gasteiger charge is 2.14. The molecule has 1 aromatic heterocycles. The van der Waals surface area contributed by atoms with E-state index in [-0.39, 0.29) is 0 Å². The predicted octanol–water partition coefficient (Wildman–Crippen LogP) is 4.69. The zero-order chi connectivity index (χ0) is 14.3. The van der Waals surface area contributed by atoms with Crippen molar-refractivity contribution in [3.63, 3.8) is 0 Å². The van der Waals surface area contributed by atoms with Crippen LogP contribution >= 0.6 is 34.8 Å². The molecule has 0 radical (unpaired) electrons. The molecular formula is C15H10Cl3N2+. The zero-order valence-corrected chi connectivity index (χ0v) is 12.8. The summed E-state index contributed by atoms with van der Waals surface area (Å²) in [7, 11) is 1.85. The summed E-state index contributed by atoms with van der Waals surface area (Å²) >= 11 is 18.6. The third-order valence-corrected chi connectivity index (χ3v) is 4.18. The normalized spacial score (nSPS) is 11.0. The summed E-state index contributed by atoms with van der Waals surface area (Å²) in [6.07, 6.45) is 1.67. The number of fused-ring (bicyclic) bond motifs is 1. The Morgan fingerprint density at radius 3 is 2.40 bits per heavy atom. The first-order chi connectivity index (χ1) is 9.56. The first kappa shape index (κ1) is 13.6. The van der Waals surface area contributed by atoms with Crippen molar-refractivity contribution in [3.8, 4) is 11.1 Å². The van der Waals surface area contributed by atoms with Crippen LogP contribution in [0.2, 0.25) is 15.2 Å². The highest BCUT2D eigenvalue weighted by atomic mass is 35.5. The molecular weight excluding hydrogens is 315 g/mol. The van der Waals surface area contributed by atoms with Crippen molar-refractivity contribution in [2.24, 2.45) is 7.05 Å². The molecule has 3 rings (SSSR count). The molecule has 0 aliphatic heterocycles. The molecule has 5 heteroatoms. The van der Waals surface area contributed by atoms with Gasteiger partial charge in [-0.15, -0.1) is 0 Å². The van der Waals surface area contributed by atoms with Crippen LogP contribution < -0.4 is 4.57 Å². The number of hydrogen-bond donors (Lipinski definition) is 0. The van der Waals surface area contributed by atoms with Gasteiger partial charge in [0.2, 0.25) is 5.15 Å². The topological polar surface area (TPSA) is 16.8 Å². The third-order valence-electron chi connectivity index (χ3n) is 3.14. The first-order valence-electron chi connectivity index (χ1n) is 5.95. The highest BCUT2D eigenvalue weighted by Crippen LogP contribution is 2.33. The number of halogens is 3. The van der Waals surface area contributed by atoms with Crippen LogP contribution in [-0.2, 0) is 7.05 Å². The summed E-state index contributed by atoms with van der Waals surface area (Å²) in [5.74, 6) is 0. The Bertz CT molecular complexity index is 798. The van der Waals surface area contributed by atoms with Gasteiger partial charge in [-0.1, -0.05) is 35.3 Å². The SMILES string of the molecule is C[n+]1cnc2cc(Cl)c(-c3ccc(Cl)cc3)cc2c1Cl. The van der Waals surface area contributed by atoms with E-state index in [1.54, 1.807) is 10.9 Å². The standard InChI is InChI=1S/C15H10Cl3N2/c1-20-8-19-14-7-13(17)11(6-12(14)15(20)18)9-2-4-10(16)5-3-9/h2-8H,1H3/q+1. The molecule has 0 unspecified atom stereocenters. The van der Waals surface area contributed by atoms with Gasteiger partial charge < -0.3 is 0 Å². The molecule has 0 amide bonds. The minimum atomic E-state index is 0.627. The Kier molecular flexibility index (Phi) is 3.55. The van der Waals surface area contributed by atoms with E-state index >= 15 is 0 Å². The van der Waals surface area contributed by atoms with Crippen LogP contribution in [0.4, 0.5) is 0 Å². The van der Waals surface area contributed by atoms with Gasteiger partial charge in [0, 0.05) is 16.7 Å². The predicted molar refractivity (Wildman–Crippen MR) is 83.4 cm³/mol. The second kappa shape index (κ2) is 5.21. The Hall–Kier alpha value is -1.35. The number of aromatic nitrogens is 2. The third kappa shape index (κ3) is 2.35. The maximum Gasteiger partial charge on any atom is 0.287 e. The number of benzene rings is 2. The number of nitrogens with zero attached hydrogens (tertiary/aromatic N) is 2. The largest absolute Gasteiger partial charge is 0.287 e. The molecule has 100 valence electrons. The monoisotopic (exact) mass is 323 g/mol. The van der Waals surface area contributed by atoms with Crippen molar-refractivity contribution >= 4 is 45.7 Å². The van der Waals surface area contributed by atoms with Crippen molar-refractivity contribution in [1.29, 1.82) is 0 Å². The van der Waals surface area contributed by atoms with Gasteiger partial charge in [-0.25, -0.2) is 4.57 Å². The maximum atomic E-state index is 6.35. The molecule has 0 bridgehead atoms. The van der Waals surface area contributed by atoms with Crippen molar-refractivity contribution in [2.45, 2.75) is 0 Å². The molecule has 0 saturated carbocycles. The summed E-state index contributed by atoms with van der Waals surface area (Å²) in [6.45, 7) is 0. The average molecular weight is 325 g/mol. The maximum absolute atomic E-state index is 6.35. The van der Waals surface area contributed by atoms with Gasteiger partial charge >= 0.3 is 0 Å². The van der Waals surface area contributed by atoms with Gasteiger partial charge in [0.15, 0.2) is 5.52 Å². The van der Waals surface area contributed by atoms with Crippen molar-refractivity contribution < 1.29 is 4.57 Å². The van der Waals surface area contributed by atoms with E-state index in [0.717, 1.165) is 22.0 Å². The molecule has 0 N–H and O–H groups in total. The van der Waals surface area contributed by atoms with Crippen molar-refractivity contribution in [3.05, 3.63) is 57.9 Å². The molecule has 0 saturated heterocycles. The fraction of sp³-hybridized carbons (Fsp3) is 0.0667. The second-order valence-corrected chi connectivity index (χ2v) is 5.70. The quantitative estimate of drug-likeness (QED) is 0.469. The lowest BCUT2D eigenvalue weighted by molar-refractivity contribution is -0.670. The molecule has 20 heavy (non-hydrogen) atoms. The van der Waals surface area contributed by atoms with Gasteiger partial charge in [-0.2, -0.15) is 0 Å². The number of aryl methyl sites for hydroxylation is 1. The fourth-order valence-electron chi connectivity index (χ4n) is 2.07. The Morgan fingerprint density at radius 1 is 1.00 bits per heavy atom.